The van der Waals surface area contributed by atoms with Crippen LogP contribution in [0.5, 0.6) is 0 Å². The summed E-state index contributed by atoms with van der Waals surface area (Å²) in [5, 5.41) is 3.81. The lowest BCUT2D eigenvalue weighted by atomic mass is 9.97. The van der Waals surface area contributed by atoms with Crippen LogP contribution in [0.1, 0.15) is 65.7 Å². The lowest BCUT2D eigenvalue weighted by Crippen LogP contribution is -2.57. The number of piperazine rings is 1. The molecule has 112 valence electrons. The molecule has 1 N–H and O–H groups in total. The third-order valence-corrected chi connectivity index (χ3v) is 4.76. The molecule has 0 aromatic rings. The van der Waals surface area contributed by atoms with Crippen LogP contribution in [-0.2, 0) is 0 Å². The van der Waals surface area contributed by atoms with Gasteiger partial charge in [0, 0.05) is 25.2 Å². The monoisotopic (exact) mass is 266 g/mol. The fourth-order valence-electron chi connectivity index (χ4n) is 3.57. The van der Waals surface area contributed by atoms with E-state index in [1.54, 1.807) is 0 Å². The van der Waals surface area contributed by atoms with Crippen molar-refractivity contribution in [3.63, 3.8) is 0 Å². The highest BCUT2D eigenvalue weighted by Gasteiger charge is 2.38. The Balaban J connectivity index is 1.78. The maximum atomic E-state index is 3.81. The Labute approximate surface area is 120 Å². The predicted molar refractivity (Wildman–Crippen MR) is 83.5 cm³/mol. The second kappa shape index (κ2) is 7.64. The maximum absolute atomic E-state index is 3.81. The zero-order valence-corrected chi connectivity index (χ0v) is 13.3. The molecular formula is C17H34N2. The van der Waals surface area contributed by atoms with Crippen LogP contribution in [0, 0.1) is 11.8 Å². The van der Waals surface area contributed by atoms with E-state index in [9.17, 15) is 0 Å². The molecule has 1 saturated carbocycles. The molecule has 2 nitrogen and oxygen atoms in total. The highest BCUT2D eigenvalue weighted by atomic mass is 15.2. The summed E-state index contributed by atoms with van der Waals surface area (Å²) in [5.41, 5.74) is 0. The minimum absolute atomic E-state index is 0.737. The van der Waals surface area contributed by atoms with Gasteiger partial charge < -0.3 is 5.32 Å². The molecule has 2 atom stereocenters. The Kier molecular flexibility index (Phi) is 6.15. The fraction of sp³-hybridized carbons (Fsp3) is 1.00. The van der Waals surface area contributed by atoms with Crippen molar-refractivity contribution >= 4 is 0 Å². The van der Waals surface area contributed by atoms with Crippen molar-refractivity contribution in [2.24, 2.45) is 11.8 Å². The summed E-state index contributed by atoms with van der Waals surface area (Å²) in [4.78, 5) is 2.83. The van der Waals surface area contributed by atoms with Crippen molar-refractivity contribution in [3.8, 4) is 0 Å². The smallest absolute Gasteiger partial charge is 0.0249 e. The second-order valence-corrected chi connectivity index (χ2v) is 7.20. The average Bonchev–Trinajstić information content (AvgIpc) is 3.18. The zero-order chi connectivity index (χ0) is 13.7. The van der Waals surface area contributed by atoms with Crippen molar-refractivity contribution in [1.29, 1.82) is 0 Å². The van der Waals surface area contributed by atoms with Gasteiger partial charge in [0.05, 0.1) is 0 Å². The summed E-state index contributed by atoms with van der Waals surface area (Å²) in [6, 6.07) is 1.59. The molecule has 2 heteroatoms. The van der Waals surface area contributed by atoms with Gasteiger partial charge in [-0.05, 0) is 44.1 Å². The molecule has 2 unspecified atom stereocenters. The molecule has 0 radical (unpaired) electrons. The number of nitrogens with zero attached hydrogens (tertiary/aromatic N) is 1. The summed E-state index contributed by atoms with van der Waals surface area (Å²) in [5.74, 6) is 1.83. The van der Waals surface area contributed by atoms with Crippen molar-refractivity contribution in [2.75, 3.05) is 19.6 Å². The molecule has 19 heavy (non-hydrogen) atoms. The van der Waals surface area contributed by atoms with Gasteiger partial charge >= 0.3 is 0 Å². The minimum Gasteiger partial charge on any atom is -0.311 e. The molecule has 0 spiro atoms. The van der Waals surface area contributed by atoms with Gasteiger partial charge in [0.1, 0.15) is 0 Å². The largest absolute Gasteiger partial charge is 0.311 e. The molecule has 2 aliphatic rings. The number of nitrogens with one attached hydrogen (secondary N) is 1. The first-order chi connectivity index (χ1) is 9.20. The predicted octanol–water partition coefficient (Wildman–Crippen LogP) is 3.67. The third-order valence-electron chi connectivity index (χ3n) is 4.76. The van der Waals surface area contributed by atoms with E-state index < -0.39 is 0 Å². The van der Waals surface area contributed by atoms with Crippen LogP contribution >= 0.6 is 0 Å². The molecule has 0 aromatic carbocycles. The zero-order valence-electron chi connectivity index (χ0n) is 13.3. The van der Waals surface area contributed by atoms with Gasteiger partial charge in [0.25, 0.3) is 0 Å². The lowest BCUT2D eigenvalue weighted by Gasteiger charge is -2.41. The summed E-state index contributed by atoms with van der Waals surface area (Å²) in [6.45, 7) is 10.9. The van der Waals surface area contributed by atoms with Crippen LogP contribution in [0.3, 0.4) is 0 Å². The Hall–Kier alpha value is -0.0800. The third kappa shape index (κ3) is 5.07. The van der Waals surface area contributed by atoms with E-state index in [0.717, 1.165) is 23.9 Å². The minimum atomic E-state index is 0.737. The highest BCUT2D eigenvalue weighted by Crippen LogP contribution is 2.36. The summed E-state index contributed by atoms with van der Waals surface area (Å²) >= 11 is 0. The molecular weight excluding hydrogens is 232 g/mol. The molecule has 0 aromatic heterocycles. The van der Waals surface area contributed by atoms with E-state index in [1.165, 1.54) is 64.6 Å². The van der Waals surface area contributed by atoms with Crippen LogP contribution in [0.4, 0.5) is 0 Å². The molecule has 0 amide bonds. The quantitative estimate of drug-likeness (QED) is 0.674. The molecule has 1 saturated heterocycles. The second-order valence-electron chi connectivity index (χ2n) is 7.20. The van der Waals surface area contributed by atoms with E-state index in [0.29, 0.717) is 0 Å². The Bertz CT molecular complexity index is 248. The molecule has 1 aliphatic carbocycles. The Morgan fingerprint density at radius 3 is 2.58 bits per heavy atom. The lowest BCUT2D eigenvalue weighted by molar-refractivity contribution is 0.105. The highest BCUT2D eigenvalue weighted by molar-refractivity contribution is 4.95. The number of hydrogen-bond donors (Lipinski definition) is 1. The normalized spacial score (nSPS) is 29.1. The van der Waals surface area contributed by atoms with Gasteiger partial charge in [-0.1, -0.05) is 40.0 Å². The van der Waals surface area contributed by atoms with Crippen molar-refractivity contribution in [2.45, 2.75) is 77.8 Å². The first kappa shape index (κ1) is 15.3. The SMILES string of the molecule is CCCCCCN1CC(CC(C)C)NCC1C1CC1. The maximum Gasteiger partial charge on any atom is 0.0249 e. The fourth-order valence-corrected chi connectivity index (χ4v) is 3.57. The van der Waals surface area contributed by atoms with Crippen LogP contribution in [0.25, 0.3) is 0 Å². The van der Waals surface area contributed by atoms with Crippen LogP contribution in [0.2, 0.25) is 0 Å². The van der Waals surface area contributed by atoms with Gasteiger partial charge in [-0.3, -0.25) is 4.90 Å². The van der Waals surface area contributed by atoms with Crippen molar-refractivity contribution in [1.82, 2.24) is 10.2 Å². The number of unbranched alkanes of at least 4 members (excludes halogenated alkanes) is 3. The van der Waals surface area contributed by atoms with E-state index in [2.05, 4.69) is 31.0 Å². The van der Waals surface area contributed by atoms with Gasteiger partial charge in [-0.2, -0.15) is 0 Å². The molecule has 2 fully saturated rings. The van der Waals surface area contributed by atoms with E-state index >= 15 is 0 Å². The van der Waals surface area contributed by atoms with Crippen molar-refractivity contribution < 1.29 is 0 Å². The number of rotatable bonds is 8. The van der Waals surface area contributed by atoms with Crippen molar-refractivity contribution in [3.05, 3.63) is 0 Å². The van der Waals surface area contributed by atoms with Crippen LogP contribution < -0.4 is 5.32 Å². The molecule has 0 bridgehead atoms. The number of hydrogen-bond acceptors (Lipinski definition) is 2. The summed E-state index contributed by atoms with van der Waals surface area (Å²) < 4.78 is 0. The Morgan fingerprint density at radius 2 is 1.95 bits per heavy atom. The first-order valence-corrected chi connectivity index (χ1v) is 8.68. The average molecular weight is 266 g/mol. The van der Waals surface area contributed by atoms with Crippen LogP contribution in [-0.4, -0.2) is 36.6 Å². The van der Waals surface area contributed by atoms with Gasteiger partial charge in [-0.25, -0.2) is 0 Å². The standard InChI is InChI=1S/C17H34N2/c1-4-5-6-7-10-19-13-16(11-14(2)3)18-12-17(19)15-8-9-15/h14-18H,4-13H2,1-3H3. The van der Waals surface area contributed by atoms with Gasteiger partial charge in [-0.15, -0.1) is 0 Å². The van der Waals surface area contributed by atoms with E-state index in [4.69, 9.17) is 0 Å². The topological polar surface area (TPSA) is 15.3 Å². The first-order valence-electron chi connectivity index (χ1n) is 8.68. The molecule has 1 aliphatic heterocycles. The Morgan fingerprint density at radius 1 is 1.16 bits per heavy atom. The van der Waals surface area contributed by atoms with Crippen LogP contribution in [0.15, 0.2) is 0 Å². The van der Waals surface area contributed by atoms with E-state index in [1.807, 2.05) is 0 Å². The molecule has 2 rings (SSSR count). The van der Waals surface area contributed by atoms with Gasteiger partial charge in [0.2, 0.25) is 0 Å². The summed E-state index contributed by atoms with van der Waals surface area (Å²) in [7, 11) is 0. The van der Waals surface area contributed by atoms with E-state index in [-0.39, 0.29) is 0 Å². The summed E-state index contributed by atoms with van der Waals surface area (Å²) in [6.07, 6.45) is 9.89. The van der Waals surface area contributed by atoms with Gasteiger partial charge in [0.15, 0.2) is 0 Å². The molecule has 1 heterocycles.